The molecule has 0 radical (unpaired) electrons. The van der Waals surface area contributed by atoms with Crippen LogP contribution in [0.25, 0.3) is 11.2 Å². The smallest absolute Gasteiger partial charge is 0.330 e. The molecule has 9 nitrogen and oxygen atoms in total. The van der Waals surface area contributed by atoms with Gasteiger partial charge in [0.1, 0.15) is 18.2 Å². The first-order valence-corrected chi connectivity index (χ1v) is 9.41. The van der Waals surface area contributed by atoms with Gasteiger partial charge in [-0.2, -0.15) is 0 Å². The number of ether oxygens (including phenoxy) is 2. The van der Waals surface area contributed by atoms with E-state index in [1.54, 1.807) is 43.0 Å². The molecule has 0 aliphatic carbocycles. The van der Waals surface area contributed by atoms with Gasteiger partial charge in [0, 0.05) is 13.6 Å². The zero-order valence-electron chi connectivity index (χ0n) is 16.7. The largest absolute Gasteiger partial charge is 0.497 e. The minimum Gasteiger partial charge on any atom is -0.497 e. The number of fused-ring (bicyclic) bond motifs is 1. The number of aromatic nitrogens is 4. The number of H-pyrrole nitrogens is 1. The van der Waals surface area contributed by atoms with Crippen molar-refractivity contribution in [2.24, 2.45) is 7.05 Å². The van der Waals surface area contributed by atoms with Gasteiger partial charge in [-0.15, -0.1) is 0 Å². The molecular weight excluding hydrogens is 376 g/mol. The van der Waals surface area contributed by atoms with E-state index in [-0.39, 0.29) is 18.5 Å². The van der Waals surface area contributed by atoms with Crippen molar-refractivity contribution >= 4 is 17.1 Å². The second kappa shape index (κ2) is 8.76. The van der Waals surface area contributed by atoms with E-state index in [2.05, 4.69) is 9.97 Å². The molecule has 0 saturated carbocycles. The summed E-state index contributed by atoms with van der Waals surface area (Å²) in [6, 6.07) is 7.13. The number of rotatable bonds is 8. The van der Waals surface area contributed by atoms with Gasteiger partial charge in [0.25, 0.3) is 5.56 Å². The molecule has 0 aliphatic rings. The van der Waals surface area contributed by atoms with E-state index in [1.807, 2.05) is 6.92 Å². The molecule has 0 bridgehead atoms. The zero-order valence-corrected chi connectivity index (χ0v) is 16.7. The van der Waals surface area contributed by atoms with Gasteiger partial charge in [-0.3, -0.25) is 19.1 Å². The maximum absolute atomic E-state index is 12.2. The lowest BCUT2D eigenvalue weighted by atomic mass is 10.1. The van der Waals surface area contributed by atoms with Crippen molar-refractivity contribution in [3.63, 3.8) is 0 Å². The summed E-state index contributed by atoms with van der Waals surface area (Å²) in [4.78, 5) is 43.3. The highest BCUT2D eigenvalue weighted by molar-refractivity contribution is 5.73. The molecule has 3 rings (SSSR count). The second-order valence-electron chi connectivity index (χ2n) is 6.71. The van der Waals surface area contributed by atoms with E-state index in [0.29, 0.717) is 23.8 Å². The summed E-state index contributed by atoms with van der Waals surface area (Å²) in [6.45, 7) is 2.37. The van der Waals surface area contributed by atoms with Crippen LogP contribution < -0.4 is 16.0 Å². The molecule has 0 aliphatic heterocycles. The first-order chi connectivity index (χ1) is 13.9. The standard InChI is InChI=1S/C20H24N4O5/c1-4-5-10-24-18-17(19(26)22-20(24)27)23(2)15(21-18)12-29-16(25)11-13-6-8-14(28-3)9-7-13/h6-9H,4-5,10-12H2,1-3H3,(H,22,26,27). The Morgan fingerprint density at radius 2 is 1.93 bits per heavy atom. The van der Waals surface area contributed by atoms with Crippen LogP contribution in [0.1, 0.15) is 31.2 Å². The molecule has 0 amide bonds. The SMILES string of the molecule is CCCCn1c(=O)[nH]c(=O)c2c1nc(COC(=O)Cc1ccc(OC)cc1)n2C. The zero-order chi connectivity index (χ0) is 21.0. The minimum absolute atomic E-state index is 0.0957. The van der Waals surface area contributed by atoms with Crippen LogP contribution in [0, 0.1) is 0 Å². The first kappa shape index (κ1) is 20.4. The monoisotopic (exact) mass is 400 g/mol. The number of carbonyl (C=O) groups is 1. The topological polar surface area (TPSA) is 108 Å². The summed E-state index contributed by atoms with van der Waals surface area (Å²) in [5.74, 6) is 0.685. The number of esters is 1. The van der Waals surface area contributed by atoms with Crippen LogP contribution in [0.15, 0.2) is 33.9 Å². The predicted octanol–water partition coefficient (Wildman–Crippen LogP) is 1.52. The van der Waals surface area contributed by atoms with Gasteiger partial charge in [-0.05, 0) is 24.1 Å². The second-order valence-corrected chi connectivity index (χ2v) is 6.71. The highest BCUT2D eigenvalue weighted by atomic mass is 16.5. The van der Waals surface area contributed by atoms with Gasteiger partial charge in [0.05, 0.1) is 13.5 Å². The van der Waals surface area contributed by atoms with Crippen molar-refractivity contribution in [1.82, 2.24) is 19.1 Å². The highest BCUT2D eigenvalue weighted by Crippen LogP contribution is 2.14. The number of hydrogen-bond donors (Lipinski definition) is 1. The summed E-state index contributed by atoms with van der Waals surface area (Å²) in [5, 5.41) is 0. The molecule has 0 saturated heterocycles. The third-order valence-corrected chi connectivity index (χ3v) is 4.71. The van der Waals surface area contributed by atoms with Gasteiger partial charge in [-0.25, -0.2) is 9.78 Å². The molecule has 2 aromatic heterocycles. The molecule has 0 atom stereocenters. The number of nitrogens with zero attached hydrogens (tertiary/aromatic N) is 3. The lowest BCUT2D eigenvalue weighted by Crippen LogP contribution is -2.31. The fraction of sp³-hybridized carbons (Fsp3) is 0.400. The van der Waals surface area contributed by atoms with Gasteiger partial charge in [0.15, 0.2) is 11.2 Å². The first-order valence-electron chi connectivity index (χ1n) is 9.41. The van der Waals surface area contributed by atoms with Gasteiger partial charge >= 0.3 is 11.7 Å². The van der Waals surface area contributed by atoms with Crippen molar-refractivity contribution < 1.29 is 14.3 Å². The Balaban J connectivity index is 1.78. The Morgan fingerprint density at radius 3 is 2.59 bits per heavy atom. The fourth-order valence-electron chi connectivity index (χ4n) is 3.05. The Hall–Kier alpha value is -3.36. The molecule has 1 N–H and O–H groups in total. The molecule has 2 heterocycles. The normalized spacial score (nSPS) is 11.0. The maximum Gasteiger partial charge on any atom is 0.330 e. The van der Waals surface area contributed by atoms with Crippen molar-refractivity contribution in [3.05, 3.63) is 56.5 Å². The van der Waals surface area contributed by atoms with Crippen molar-refractivity contribution in [2.45, 2.75) is 39.3 Å². The molecule has 3 aromatic rings. The quantitative estimate of drug-likeness (QED) is 0.575. The van der Waals surface area contributed by atoms with Crippen molar-refractivity contribution in [3.8, 4) is 5.75 Å². The number of nitrogens with one attached hydrogen (secondary N) is 1. The van der Waals surface area contributed by atoms with Crippen LogP contribution in [0.2, 0.25) is 0 Å². The Bertz CT molecular complexity index is 1120. The van der Waals surface area contributed by atoms with Gasteiger partial charge < -0.3 is 14.0 Å². The highest BCUT2D eigenvalue weighted by Gasteiger charge is 2.17. The van der Waals surface area contributed by atoms with E-state index >= 15 is 0 Å². The maximum atomic E-state index is 12.2. The molecule has 29 heavy (non-hydrogen) atoms. The molecule has 154 valence electrons. The van der Waals surface area contributed by atoms with Crippen molar-refractivity contribution in [1.29, 1.82) is 0 Å². The Labute approximate surface area is 166 Å². The summed E-state index contributed by atoms with van der Waals surface area (Å²) >= 11 is 0. The van der Waals surface area contributed by atoms with Crippen LogP contribution in [-0.4, -0.2) is 32.2 Å². The number of benzene rings is 1. The average molecular weight is 400 g/mol. The summed E-state index contributed by atoms with van der Waals surface area (Å²) in [6.07, 6.45) is 1.79. The van der Waals surface area contributed by atoms with Crippen LogP contribution in [-0.2, 0) is 36.2 Å². The van der Waals surface area contributed by atoms with E-state index in [9.17, 15) is 14.4 Å². The molecule has 1 aromatic carbocycles. The summed E-state index contributed by atoms with van der Waals surface area (Å²) < 4.78 is 13.4. The van der Waals surface area contributed by atoms with E-state index in [1.165, 1.54) is 4.57 Å². The average Bonchev–Trinajstić information content (AvgIpc) is 3.03. The fourth-order valence-corrected chi connectivity index (χ4v) is 3.05. The lowest BCUT2D eigenvalue weighted by molar-refractivity contribution is -0.144. The number of imidazole rings is 1. The number of unbranched alkanes of at least 4 members (excludes halogenated alkanes) is 1. The molecule has 0 spiro atoms. The molecule has 0 fully saturated rings. The van der Waals surface area contributed by atoms with Crippen molar-refractivity contribution in [2.75, 3.05) is 7.11 Å². The third kappa shape index (κ3) is 4.39. The van der Waals surface area contributed by atoms with Crippen LogP contribution in [0.4, 0.5) is 0 Å². The van der Waals surface area contributed by atoms with E-state index in [4.69, 9.17) is 9.47 Å². The molecule has 9 heteroatoms. The lowest BCUT2D eigenvalue weighted by Gasteiger charge is -2.06. The summed E-state index contributed by atoms with van der Waals surface area (Å²) in [7, 11) is 3.23. The number of aromatic amines is 1. The number of aryl methyl sites for hydroxylation is 2. The Kier molecular flexibility index (Phi) is 6.16. The third-order valence-electron chi connectivity index (χ3n) is 4.71. The minimum atomic E-state index is -0.511. The predicted molar refractivity (Wildman–Crippen MR) is 107 cm³/mol. The van der Waals surface area contributed by atoms with E-state index in [0.717, 1.165) is 18.4 Å². The summed E-state index contributed by atoms with van der Waals surface area (Å²) in [5.41, 5.74) is 0.379. The van der Waals surface area contributed by atoms with Gasteiger partial charge in [-0.1, -0.05) is 25.5 Å². The number of hydrogen-bond acceptors (Lipinski definition) is 6. The van der Waals surface area contributed by atoms with Gasteiger partial charge in [0.2, 0.25) is 0 Å². The van der Waals surface area contributed by atoms with Crippen LogP contribution >= 0.6 is 0 Å². The van der Waals surface area contributed by atoms with Crippen LogP contribution in [0.5, 0.6) is 5.75 Å². The molecular formula is C20H24N4O5. The number of carbonyl (C=O) groups excluding carboxylic acids is 1. The van der Waals surface area contributed by atoms with Crippen LogP contribution in [0.3, 0.4) is 0 Å². The molecule has 0 unspecified atom stereocenters. The number of methoxy groups -OCH3 is 1. The van der Waals surface area contributed by atoms with E-state index < -0.39 is 17.2 Å². The Morgan fingerprint density at radius 1 is 1.21 bits per heavy atom.